The molecule has 2 heterocycles. The van der Waals surface area contributed by atoms with E-state index in [9.17, 15) is 9.18 Å². The monoisotopic (exact) mass is 277 g/mol. The molecule has 1 amide bonds. The maximum Gasteiger partial charge on any atom is 0.287 e. The minimum Gasteiger partial charge on any atom is -0.451 e. The summed E-state index contributed by atoms with van der Waals surface area (Å²) in [5.74, 6) is -0.383. The zero-order chi connectivity index (χ0) is 14.1. The van der Waals surface area contributed by atoms with E-state index in [2.05, 4.69) is 5.32 Å². The van der Waals surface area contributed by atoms with Gasteiger partial charge in [0, 0.05) is 24.1 Å². The van der Waals surface area contributed by atoms with E-state index in [1.54, 1.807) is 6.92 Å². The fraction of sp³-hybridized carbons (Fsp3) is 0.400. The predicted octanol–water partition coefficient (Wildman–Crippen LogP) is 2.79. The molecule has 20 heavy (non-hydrogen) atoms. The molecule has 0 radical (unpaired) electrons. The van der Waals surface area contributed by atoms with E-state index in [4.69, 9.17) is 9.15 Å². The molecule has 1 saturated heterocycles. The second-order valence-corrected chi connectivity index (χ2v) is 5.04. The Bertz CT molecular complexity index is 644. The molecule has 3 rings (SSSR count). The number of furan rings is 1. The van der Waals surface area contributed by atoms with Crippen molar-refractivity contribution in [2.75, 3.05) is 13.2 Å². The van der Waals surface area contributed by atoms with Crippen LogP contribution in [0.4, 0.5) is 4.39 Å². The number of benzene rings is 1. The van der Waals surface area contributed by atoms with E-state index in [1.807, 2.05) is 0 Å². The number of hydrogen-bond acceptors (Lipinski definition) is 3. The van der Waals surface area contributed by atoms with Gasteiger partial charge in [-0.05, 0) is 38.0 Å². The lowest BCUT2D eigenvalue weighted by Gasteiger charge is -2.09. The molecule has 0 spiro atoms. The Morgan fingerprint density at radius 1 is 1.50 bits per heavy atom. The maximum absolute atomic E-state index is 13.2. The van der Waals surface area contributed by atoms with E-state index in [1.165, 1.54) is 18.2 Å². The number of amides is 1. The van der Waals surface area contributed by atoms with Crippen molar-refractivity contribution in [3.8, 4) is 0 Å². The van der Waals surface area contributed by atoms with Crippen molar-refractivity contribution >= 4 is 16.9 Å². The Hall–Kier alpha value is -1.88. The van der Waals surface area contributed by atoms with Gasteiger partial charge in [0.05, 0.1) is 6.10 Å². The van der Waals surface area contributed by atoms with Crippen LogP contribution >= 0.6 is 0 Å². The van der Waals surface area contributed by atoms with E-state index < -0.39 is 0 Å². The first-order chi connectivity index (χ1) is 9.65. The second-order valence-electron chi connectivity index (χ2n) is 5.04. The summed E-state index contributed by atoms with van der Waals surface area (Å²) in [7, 11) is 0. The molecule has 1 aromatic heterocycles. The van der Waals surface area contributed by atoms with Gasteiger partial charge >= 0.3 is 0 Å². The van der Waals surface area contributed by atoms with Crippen LogP contribution in [0, 0.1) is 12.7 Å². The van der Waals surface area contributed by atoms with Crippen LogP contribution in [0.2, 0.25) is 0 Å². The van der Waals surface area contributed by atoms with Gasteiger partial charge in [0.2, 0.25) is 0 Å². The highest BCUT2D eigenvalue weighted by atomic mass is 19.1. The minimum absolute atomic E-state index is 0.0843. The molecule has 0 saturated carbocycles. The molecule has 5 heteroatoms. The van der Waals surface area contributed by atoms with Gasteiger partial charge in [-0.15, -0.1) is 0 Å². The lowest BCUT2D eigenvalue weighted by atomic mass is 10.1. The molecule has 0 bridgehead atoms. The molecule has 2 aromatic rings. The zero-order valence-corrected chi connectivity index (χ0v) is 11.2. The van der Waals surface area contributed by atoms with Crippen molar-refractivity contribution in [2.45, 2.75) is 25.9 Å². The van der Waals surface area contributed by atoms with Crippen LogP contribution in [0.3, 0.4) is 0 Å². The third-order valence-corrected chi connectivity index (χ3v) is 3.62. The van der Waals surface area contributed by atoms with Crippen LogP contribution in [-0.2, 0) is 4.74 Å². The molecule has 1 aromatic carbocycles. The van der Waals surface area contributed by atoms with Crippen LogP contribution < -0.4 is 5.32 Å². The molecular weight excluding hydrogens is 261 g/mol. The van der Waals surface area contributed by atoms with Crippen molar-refractivity contribution in [3.63, 3.8) is 0 Å². The standard InChI is InChI=1S/C15H16FNO3/c1-9-12-7-10(16)4-5-13(12)20-14(9)15(18)17-8-11-3-2-6-19-11/h4-5,7,11H,2-3,6,8H2,1H3,(H,17,18). The van der Waals surface area contributed by atoms with Gasteiger partial charge < -0.3 is 14.5 Å². The molecule has 1 fully saturated rings. The predicted molar refractivity (Wildman–Crippen MR) is 72.2 cm³/mol. The van der Waals surface area contributed by atoms with Gasteiger partial charge in [-0.25, -0.2) is 4.39 Å². The Morgan fingerprint density at radius 3 is 3.10 bits per heavy atom. The number of halogens is 1. The quantitative estimate of drug-likeness (QED) is 0.938. The summed E-state index contributed by atoms with van der Waals surface area (Å²) in [5, 5.41) is 3.44. The SMILES string of the molecule is Cc1c(C(=O)NCC2CCCO2)oc2ccc(F)cc12. The van der Waals surface area contributed by atoms with E-state index in [0.29, 0.717) is 23.1 Å². The van der Waals surface area contributed by atoms with Gasteiger partial charge in [-0.2, -0.15) is 0 Å². The summed E-state index contributed by atoms with van der Waals surface area (Å²) in [4.78, 5) is 12.1. The van der Waals surface area contributed by atoms with Gasteiger partial charge in [0.15, 0.2) is 5.76 Å². The first kappa shape index (κ1) is 13.1. The number of nitrogens with one attached hydrogen (secondary N) is 1. The molecule has 1 unspecified atom stereocenters. The molecule has 4 nitrogen and oxygen atoms in total. The van der Waals surface area contributed by atoms with E-state index >= 15 is 0 Å². The van der Waals surface area contributed by atoms with Crippen molar-refractivity contribution in [1.29, 1.82) is 0 Å². The third kappa shape index (κ3) is 2.41. The first-order valence-electron chi connectivity index (χ1n) is 6.73. The summed E-state index contributed by atoms with van der Waals surface area (Å²) in [5.41, 5.74) is 1.18. The fourth-order valence-electron chi connectivity index (χ4n) is 2.50. The topological polar surface area (TPSA) is 51.5 Å². The van der Waals surface area contributed by atoms with Crippen LogP contribution in [0.25, 0.3) is 11.0 Å². The molecule has 1 N–H and O–H groups in total. The van der Waals surface area contributed by atoms with Gasteiger partial charge in [0.1, 0.15) is 11.4 Å². The van der Waals surface area contributed by atoms with Crippen molar-refractivity contribution in [1.82, 2.24) is 5.32 Å². The molecular formula is C15H16FNO3. The third-order valence-electron chi connectivity index (χ3n) is 3.62. The molecule has 0 aliphatic carbocycles. The number of carbonyl (C=O) groups is 1. The van der Waals surface area contributed by atoms with Crippen molar-refractivity contribution < 1.29 is 18.3 Å². The Kier molecular flexibility index (Phi) is 3.44. The average Bonchev–Trinajstić information content (AvgIpc) is 3.05. The molecule has 1 aliphatic rings. The highest BCUT2D eigenvalue weighted by Crippen LogP contribution is 2.26. The van der Waals surface area contributed by atoms with Crippen LogP contribution in [-0.4, -0.2) is 25.2 Å². The number of aryl methyl sites for hydroxylation is 1. The summed E-state index contributed by atoms with van der Waals surface area (Å²) in [6.07, 6.45) is 2.08. The lowest BCUT2D eigenvalue weighted by molar-refractivity contribution is 0.0836. The lowest BCUT2D eigenvalue weighted by Crippen LogP contribution is -2.31. The Morgan fingerprint density at radius 2 is 2.35 bits per heavy atom. The van der Waals surface area contributed by atoms with Crippen LogP contribution in [0.5, 0.6) is 0 Å². The number of rotatable bonds is 3. The highest BCUT2D eigenvalue weighted by molar-refractivity contribution is 5.98. The normalized spacial score (nSPS) is 18.6. The number of carbonyl (C=O) groups excluding carboxylic acids is 1. The zero-order valence-electron chi connectivity index (χ0n) is 11.2. The van der Waals surface area contributed by atoms with Crippen LogP contribution in [0.15, 0.2) is 22.6 Å². The van der Waals surface area contributed by atoms with Crippen molar-refractivity contribution in [2.24, 2.45) is 0 Å². The summed E-state index contributed by atoms with van der Waals surface area (Å²) < 4.78 is 24.2. The number of ether oxygens (including phenoxy) is 1. The Labute approximate surface area is 115 Å². The highest BCUT2D eigenvalue weighted by Gasteiger charge is 2.20. The largest absolute Gasteiger partial charge is 0.451 e. The summed E-state index contributed by atoms with van der Waals surface area (Å²) in [6, 6.07) is 4.24. The molecule has 106 valence electrons. The smallest absolute Gasteiger partial charge is 0.287 e. The van der Waals surface area contributed by atoms with Crippen molar-refractivity contribution in [3.05, 3.63) is 35.3 Å². The van der Waals surface area contributed by atoms with Gasteiger partial charge in [0.25, 0.3) is 5.91 Å². The van der Waals surface area contributed by atoms with E-state index in [-0.39, 0.29) is 23.6 Å². The van der Waals surface area contributed by atoms with Gasteiger partial charge in [-0.3, -0.25) is 4.79 Å². The maximum atomic E-state index is 13.2. The molecule has 1 atom stereocenters. The number of fused-ring (bicyclic) bond motifs is 1. The molecule has 1 aliphatic heterocycles. The first-order valence-corrected chi connectivity index (χ1v) is 6.73. The Balaban J connectivity index is 1.78. The minimum atomic E-state index is -0.340. The summed E-state index contributed by atoms with van der Waals surface area (Å²) >= 11 is 0. The summed E-state index contributed by atoms with van der Waals surface area (Å²) in [6.45, 7) is 2.99. The average molecular weight is 277 g/mol. The fourth-order valence-corrected chi connectivity index (χ4v) is 2.50. The number of hydrogen-bond donors (Lipinski definition) is 1. The second kappa shape index (κ2) is 5.25. The van der Waals surface area contributed by atoms with Gasteiger partial charge in [-0.1, -0.05) is 0 Å². The van der Waals surface area contributed by atoms with Crippen LogP contribution in [0.1, 0.15) is 29.0 Å². The van der Waals surface area contributed by atoms with E-state index in [0.717, 1.165) is 19.4 Å².